The summed E-state index contributed by atoms with van der Waals surface area (Å²) in [5.41, 5.74) is 6.08. The van der Waals surface area contributed by atoms with E-state index in [1.807, 2.05) is 30.3 Å². The third-order valence-electron chi connectivity index (χ3n) is 4.06. The average Bonchev–Trinajstić information content (AvgIpc) is 3.27. The Bertz CT molecular complexity index is 976. The van der Waals surface area contributed by atoms with Crippen molar-refractivity contribution in [1.29, 1.82) is 0 Å². The molecule has 0 unspecified atom stereocenters. The zero-order valence-corrected chi connectivity index (χ0v) is 17.6. The summed E-state index contributed by atoms with van der Waals surface area (Å²) in [7, 11) is 0. The summed E-state index contributed by atoms with van der Waals surface area (Å²) in [6.45, 7) is 0. The molecule has 0 saturated carbocycles. The molecule has 0 saturated heterocycles. The Morgan fingerprint density at radius 2 is 1.59 bits per heavy atom. The first-order chi connectivity index (χ1) is 14.0. The van der Waals surface area contributed by atoms with Crippen LogP contribution in [0.4, 0.5) is 0 Å². The smallest absolute Gasteiger partial charge is 0.269 e. The summed E-state index contributed by atoms with van der Waals surface area (Å²) in [6, 6.07) is 18.7. The Labute approximate surface area is 180 Å². The van der Waals surface area contributed by atoms with Gasteiger partial charge in [0.05, 0.1) is 4.88 Å². The highest BCUT2D eigenvalue weighted by molar-refractivity contribution is 9.10. The first-order valence-electron chi connectivity index (χ1n) is 8.77. The van der Waals surface area contributed by atoms with Crippen LogP contribution in [0.25, 0.3) is 0 Å². The number of hydrogen-bond donors (Lipinski definition) is 3. The van der Waals surface area contributed by atoms with Gasteiger partial charge < -0.3 is 5.32 Å². The molecule has 3 N–H and O–H groups in total. The van der Waals surface area contributed by atoms with E-state index < -0.39 is 17.9 Å². The lowest BCUT2D eigenvalue weighted by Crippen LogP contribution is -2.53. The van der Waals surface area contributed by atoms with Crippen LogP contribution in [0.5, 0.6) is 0 Å². The Balaban J connectivity index is 1.66. The van der Waals surface area contributed by atoms with Crippen molar-refractivity contribution in [3.05, 3.63) is 92.6 Å². The summed E-state index contributed by atoms with van der Waals surface area (Å²) in [5.74, 6) is -1.30. The van der Waals surface area contributed by atoms with Gasteiger partial charge in [0, 0.05) is 16.5 Å². The van der Waals surface area contributed by atoms with Crippen molar-refractivity contribution in [2.24, 2.45) is 0 Å². The number of benzene rings is 2. The van der Waals surface area contributed by atoms with Crippen molar-refractivity contribution in [3.8, 4) is 0 Å². The van der Waals surface area contributed by atoms with Gasteiger partial charge in [-0.3, -0.25) is 25.2 Å². The fourth-order valence-electron chi connectivity index (χ4n) is 2.58. The van der Waals surface area contributed by atoms with Crippen LogP contribution in [0.2, 0.25) is 0 Å². The summed E-state index contributed by atoms with van der Waals surface area (Å²) < 4.78 is 0.845. The van der Waals surface area contributed by atoms with E-state index in [9.17, 15) is 14.4 Å². The van der Waals surface area contributed by atoms with E-state index in [0.29, 0.717) is 10.4 Å². The van der Waals surface area contributed by atoms with Gasteiger partial charge in [-0.25, -0.2) is 0 Å². The molecule has 2 aromatic carbocycles. The fourth-order valence-corrected chi connectivity index (χ4v) is 3.47. The highest BCUT2D eigenvalue weighted by atomic mass is 79.9. The topological polar surface area (TPSA) is 87.3 Å². The van der Waals surface area contributed by atoms with E-state index in [1.54, 1.807) is 41.8 Å². The Kier molecular flexibility index (Phi) is 7.15. The highest BCUT2D eigenvalue weighted by Gasteiger charge is 2.23. The number of halogens is 1. The molecule has 1 atom stereocenters. The minimum atomic E-state index is -0.850. The molecule has 0 spiro atoms. The second kappa shape index (κ2) is 9.99. The minimum absolute atomic E-state index is 0.290. The first kappa shape index (κ1) is 20.8. The standard InChI is InChI=1S/C21H18BrN3O3S/c22-16-10-8-15(9-11-16)19(26)24-25-20(27)17(13-14-5-2-1-3-6-14)23-21(28)18-7-4-12-29-18/h1-12,17H,13H2,(H,23,28)(H,24,26)(H,25,27)/t17-/m0/s1. The quantitative estimate of drug-likeness (QED) is 0.481. The molecule has 148 valence electrons. The molecule has 0 aliphatic carbocycles. The maximum atomic E-state index is 12.7. The highest BCUT2D eigenvalue weighted by Crippen LogP contribution is 2.11. The minimum Gasteiger partial charge on any atom is -0.339 e. The van der Waals surface area contributed by atoms with Crippen molar-refractivity contribution < 1.29 is 14.4 Å². The number of rotatable bonds is 6. The zero-order chi connectivity index (χ0) is 20.6. The van der Waals surface area contributed by atoms with E-state index >= 15 is 0 Å². The molecule has 0 radical (unpaired) electrons. The number of amides is 3. The normalized spacial score (nSPS) is 11.3. The monoisotopic (exact) mass is 471 g/mol. The van der Waals surface area contributed by atoms with Gasteiger partial charge in [0.2, 0.25) is 0 Å². The van der Waals surface area contributed by atoms with Crippen molar-refractivity contribution in [3.63, 3.8) is 0 Å². The Morgan fingerprint density at radius 3 is 2.24 bits per heavy atom. The number of carbonyl (C=O) groups excluding carboxylic acids is 3. The van der Waals surface area contributed by atoms with E-state index in [2.05, 4.69) is 32.1 Å². The van der Waals surface area contributed by atoms with Crippen LogP contribution in [-0.2, 0) is 11.2 Å². The number of hydrogen-bond acceptors (Lipinski definition) is 4. The maximum absolute atomic E-state index is 12.7. The fraction of sp³-hybridized carbons (Fsp3) is 0.0952. The Morgan fingerprint density at radius 1 is 0.862 bits per heavy atom. The van der Waals surface area contributed by atoms with Crippen LogP contribution in [0.3, 0.4) is 0 Å². The maximum Gasteiger partial charge on any atom is 0.269 e. The lowest BCUT2D eigenvalue weighted by molar-refractivity contribution is -0.123. The van der Waals surface area contributed by atoms with Crippen LogP contribution in [0, 0.1) is 0 Å². The molecule has 0 fully saturated rings. The molecular formula is C21H18BrN3O3S. The van der Waals surface area contributed by atoms with Crippen LogP contribution < -0.4 is 16.2 Å². The van der Waals surface area contributed by atoms with E-state index in [-0.39, 0.29) is 12.3 Å². The largest absolute Gasteiger partial charge is 0.339 e. The lowest BCUT2D eigenvalue weighted by Gasteiger charge is -2.18. The molecule has 3 rings (SSSR count). The van der Waals surface area contributed by atoms with Gasteiger partial charge in [0.15, 0.2) is 0 Å². The molecule has 0 aliphatic rings. The zero-order valence-electron chi connectivity index (χ0n) is 15.2. The van der Waals surface area contributed by atoms with E-state index in [0.717, 1.165) is 10.0 Å². The summed E-state index contributed by atoms with van der Waals surface area (Å²) >= 11 is 4.60. The van der Waals surface area contributed by atoms with Gasteiger partial charge in [-0.1, -0.05) is 52.3 Å². The van der Waals surface area contributed by atoms with Crippen LogP contribution in [0.15, 0.2) is 76.6 Å². The molecular weight excluding hydrogens is 454 g/mol. The molecule has 3 aromatic rings. The summed E-state index contributed by atoms with van der Waals surface area (Å²) in [6.07, 6.45) is 0.290. The molecule has 0 aliphatic heterocycles. The molecule has 0 bridgehead atoms. The van der Waals surface area contributed by atoms with Crippen LogP contribution in [0.1, 0.15) is 25.6 Å². The van der Waals surface area contributed by atoms with Crippen LogP contribution in [-0.4, -0.2) is 23.8 Å². The predicted molar refractivity (Wildman–Crippen MR) is 115 cm³/mol. The summed E-state index contributed by atoms with van der Waals surface area (Å²) in [4.78, 5) is 37.9. The van der Waals surface area contributed by atoms with Crippen molar-refractivity contribution >= 4 is 45.0 Å². The van der Waals surface area contributed by atoms with Gasteiger partial charge in [0.25, 0.3) is 17.7 Å². The number of nitrogens with one attached hydrogen (secondary N) is 3. The number of thiophene rings is 1. The molecule has 1 aromatic heterocycles. The van der Waals surface area contributed by atoms with Gasteiger partial charge in [-0.15, -0.1) is 11.3 Å². The lowest BCUT2D eigenvalue weighted by atomic mass is 10.1. The Hall–Kier alpha value is -2.97. The first-order valence-corrected chi connectivity index (χ1v) is 10.4. The van der Waals surface area contributed by atoms with Gasteiger partial charge >= 0.3 is 0 Å². The third-order valence-corrected chi connectivity index (χ3v) is 5.45. The molecule has 6 nitrogen and oxygen atoms in total. The van der Waals surface area contributed by atoms with Crippen LogP contribution >= 0.6 is 27.3 Å². The van der Waals surface area contributed by atoms with E-state index in [4.69, 9.17) is 0 Å². The number of carbonyl (C=O) groups is 3. The average molecular weight is 472 g/mol. The second-order valence-corrected chi connectivity index (χ2v) is 8.01. The van der Waals surface area contributed by atoms with Gasteiger partial charge in [-0.2, -0.15) is 0 Å². The second-order valence-electron chi connectivity index (χ2n) is 6.14. The van der Waals surface area contributed by atoms with E-state index in [1.165, 1.54) is 11.3 Å². The predicted octanol–water partition coefficient (Wildman–Crippen LogP) is 3.31. The van der Waals surface area contributed by atoms with Crippen molar-refractivity contribution in [1.82, 2.24) is 16.2 Å². The van der Waals surface area contributed by atoms with Crippen molar-refractivity contribution in [2.45, 2.75) is 12.5 Å². The SMILES string of the molecule is O=C(NNC(=O)[C@H](Cc1ccccc1)NC(=O)c1cccs1)c1ccc(Br)cc1. The molecule has 8 heteroatoms. The van der Waals surface area contributed by atoms with Gasteiger partial charge in [0.1, 0.15) is 6.04 Å². The third kappa shape index (κ3) is 6.00. The number of hydrazine groups is 1. The molecule has 1 heterocycles. The molecule has 3 amide bonds. The summed E-state index contributed by atoms with van der Waals surface area (Å²) in [5, 5.41) is 4.53. The molecule has 29 heavy (non-hydrogen) atoms. The van der Waals surface area contributed by atoms with Gasteiger partial charge in [-0.05, 0) is 41.3 Å². The van der Waals surface area contributed by atoms with Crippen molar-refractivity contribution in [2.75, 3.05) is 0 Å².